The fourth-order valence-electron chi connectivity index (χ4n) is 1.71. The van der Waals surface area contributed by atoms with Crippen LogP contribution >= 0.6 is 11.6 Å². The molecule has 0 aliphatic heterocycles. The molecule has 0 unspecified atom stereocenters. The molecule has 2 aromatic rings. The number of nitrogens with two attached hydrogens (primary N) is 1. The van der Waals surface area contributed by atoms with Crippen molar-refractivity contribution < 1.29 is 13.2 Å². The van der Waals surface area contributed by atoms with Crippen LogP contribution in [0.5, 0.6) is 5.75 Å². The number of hydrogen-bond donors (Lipinski definition) is 2. The molecule has 0 radical (unpaired) electrons. The Morgan fingerprint density at radius 2 is 2.00 bits per heavy atom. The van der Waals surface area contributed by atoms with E-state index >= 15 is 0 Å². The maximum Gasteiger partial charge on any atom is 0.240 e. The lowest BCUT2D eigenvalue weighted by Crippen LogP contribution is -2.18. The molecule has 0 aliphatic rings. The topological polar surface area (TPSA) is 81.4 Å². The van der Waals surface area contributed by atoms with E-state index in [1.807, 2.05) is 12.1 Å². The summed E-state index contributed by atoms with van der Waals surface area (Å²) in [5.41, 5.74) is 7.03. The molecule has 0 aromatic heterocycles. The molecular weight excluding hydrogens is 312 g/mol. The second-order valence-electron chi connectivity index (χ2n) is 4.33. The SMILES string of the molecule is CNS(=O)(=O)c1ccc(N)c(OCc2cccc(Cl)c2)c1. The first kappa shape index (κ1) is 15.6. The molecule has 0 fully saturated rings. The molecule has 0 aliphatic carbocycles. The summed E-state index contributed by atoms with van der Waals surface area (Å²) in [5, 5.41) is 0.607. The third-order valence-corrected chi connectivity index (χ3v) is 4.49. The molecule has 0 heterocycles. The van der Waals surface area contributed by atoms with Crippen LogP contribution in [0.4, 0.5) is 5.69 Å². The van der Waals surface area contributed by atoms with Crippen LogP contribution in [0.2, 0.25) is 5.02 Å². The van der Waals surface area contributed by atoms with E-state index in [2.05, 4.69) is 4.72 Å². The van der Waals surface area contributed by atoms with Crippen molar-refractivity contribution in [1.82, 2.24) is 4.72 Å². The number of sulfonamides is 1. The molecule has 0 atom stereocenters. The molecule has 112 valence electrons. The van der Waals surface area contributed by atoms with Crippen LogP contribution < -0.4 is 15.2 Å². The van der Waals surface area contributed by atoms with Crippen molar-refractivity contribution in [1.29, 1.82) is 0 Å². The number of rotatable bonds is 5. The molecule has 21 heavy (non-hydrogen) atoms. The van der Waals surface area contributed by atoms with Crippen molar-refractivity contribution in [3.63, 3.8) is 0 Å². The second-order valence-corrected chi connectivity index (χ2v) is 6.65. The van der Waals surface area contributed by atoms with E-state index in [1.54, 1.807) is 12.1 Å². The van der Waals surface area contributed by atoms with Gasteiger partial charge in [-0.15, -0.1) is 0 Å². The van der Waals surface area contributed by atoms with E-state index in [9.17, 15) is 8.42 Å². The van der Waals surface area contributed by atoms with Crippen molar-refractivity contribution in [2.75, 3.05) is 12.8 Å². The van der Waals surface area contributed by atoms with E-state index in [4.69, 9.17) is 22.1 Å². The largest absolute Gasteiger partial charge is 0.487 e. The molecular formula is C14H15ClN2O3S. The van der Waals surface area contributed by atoms with Gasteiger partial charge >= 0.3 is 0 Å². The Morgan fingerprint density at radius 3 is 2.67 bits per heavy atom. The minimum atomic E-state index is -3.53. The second kappa shape index (κ2) is 6.34. The maximum atomic E-state index is 11.8. The first-order chi connectivity index (χ1) is 9.92. The van der Waals surface area contributed by atoms with Crippen molar-refractivity contribution in [2.45, 2.75) is 11.5 Å². The number of ether oxygens (including phenoxy) is 1. The van der Waals surface area contributed by atoms with Crippen LogP contribution in [-0.2, 0) is 16.6 Å². The van der Waals surface area contributed by atoms with Gasteiger partial charge < -0.3 is 10.5 Å². The number of anilines is 1. The van der Waals surface area contributed by atoms with Crippen LogP contribution in [0.25, 0.3) is 0 Å². The van der Waals surface area contributed by atoms with Gasteiger partial charge in [0.25, 0.3) is 0 Å². The van der Waals surface area contributed by atoms with Crippen LogP contribution in [0.1, 0.15) is 5.56 Å². The van der Waals surface area contributed by atoms with Gasteiger partial charge in [-0.05, 0) is 36.9 Å². The molecule has 5 nitrogen and oxygen atoms in total. The normalized spacial score (nSPS) is 11.3. The summed E-state index contributed by atoms with van der Waals surface area (Å²) < 4.78 is 31.3. The highest BCUT2D eigenvalue weighted by Gasteiger charge is 2.14. The monoisotopic (exact) mass is 326 g/mol. The Hall–Kier alpha value is -1.76. The fraction of sp³-hybridized carbons (Fsp3) is 0.143. The van der Waals surface area contributed by atoms with Gasteiger partial charge in [0.05, 0.1) is 10.6 Å². The summed E-state index contributed by atoms with van der Waals surface area (Å²) in [6.45, 7) is 0.244. The average molecular weight is 327 g/mol. The van der Waals surface area contributed by atoms with Gasteiger partial charge in [0.15, 0.2) is 0 Å². The average Bonchev–Trinajstić information content (AvgIpc) is 2.46. The van der Waals surface area contributed by atoms with E-state index in [1.165, 1.54) is 25.2 Å². The van der Waals surface area contributed by atoms with Gasteiger partial charge in [0.1, 0.15) is 12.4 Å². The lowest BCUT2D eigenvalue weighted by molar-refractivity contribution is 0.307. The maximum absolute atomic E-state index is 11.8. The highest BCUT2D eigenvalue weighted by molar-refractivity contribution is 7.89. The summed E-state index contributed by atoms with van der Waals surface area (Å²) in [6.07, 6.45) is 0. The van der Waals surface area contributed by atoms with Gasteiger partial charge in [-0.25, -0.2) is 13.1 Å². The van der Waals surface area contributed by atoms with E-state index in [-0.39, 0.29) is 11.5 Å². The zero-order valence-electron chi connectivity index (χ0n) is 11.3. The number of benzene rings is 2. The van der Waals surface area contributed by atoms with Crippen LogP contribution in [0.15, 0.2) is 47.4 Å². The number of halogens is 1. The summed E-state index contributed by atoms with van der Waals surface area (Å²) in [7, 11) is -2.19. The predicted octanol–water partition coefficient (Wildman–Crippen LogP) is 2.41. The first-order valence-corrected chi connectivity index (χ1v) is 7.99. The van der Waals surface area contributed by atoms with Crippen molar-refractivity contribution in [3.05, 3.63) is 53.1 Å². The molecule has 0 saturated carbocycles. The quantitative estimate of drug-likeness (QED) is 0.827. The Kier molecular flexibility index (Phi) is 4.72. The molecule has 0 saturated heterocycles. The summed E-state index contributed by atoms with van der Waals surface area (Å²) in [5.74, 6) is 0.311. The number of hydrogen-bond acceptors (Lipinski definition) is 4. The third-order valence-electron chi connectivity index (χ3n) is 2.85. The minimum absolute atomic E-state index is 0.0975. The number of nitrogen functional groups attached to an aromatic ring is 1. The Labute approximate surface area is 128 Å². The summed E-state index contributed by atoms with van der Waals surface area (Å²) >= 11 is 5.89. The van der Waals surface area contributed by atoms with E-state index in [0.717, 1.165) is 5.56 Å². The lowest BCUT2D eigenvalue weighted by atomic mass is 10.2. The van der Waals surface area contributed by atoms with Crippen molar-refractivity contribution >= 4 is 27.3 Å². The van der Waals surface area contributed by atoms with E-state index in [0.29, 0.717) is 16.5 Å². The molecule has 2 rings (SSSR count). The highest BCUT2D eigenvalue weighted by atomic mass is 35.5. The molecule has 2 aromatic carbocycles. The van der Waals surface area contributed by atoms with Gasteiger partial charge in [0, 0.05) is 11.1 Å². The Morgan fingerprint density at radius 1 is 1.24 bits per heavy atom. The van der Waals surface area contributed by atoms with Crippen molar-refractivity contribution in [3.8, 4) is 5.75 Å². The minimum Gasteiger partial charge on any atom is -0.487 e. The van der Waals surface area contributed by atoms with Crippen LogP contribution in [-0.4, -0.2) is 15.5 Å². The molecule has 0 bridgehead atoms. The molecule has 0 spiro atoms. The molecule has 7 heteroatoms. The molecule has 0 amide bonds. The smallest absolute Gasteiger partial charge is 0.240 e. The van der Waals surface area contributed by atoms with Crippen LogP contribution in [0.3, 0.4) is 0 Å². The van der Waals surface area contributed by atoms with Crippen LogP contribution in [0, 0.1) is 0 Å². The first-order valence-electron chi connectivity index (χ1n) is 6.12. The highest BCUT2D eigenvalue weighted by Crippen LogP contribution is 2.26. The summed E-state index contributed by atoms with van der Waals surface area (Å²) in [6, 6.07) is 11.5. The predicted molar refractivity (Wildman–Crippen MR) is 82.9 cm³/mol. The molecule has 3 N–H and O–H groups in total. The van der Waals surface area contributed by atoms with Gasteiger partial charge in [0.2, 0.25) is 10.0 Å². The van der Waals surface area contributed by atoms with Gasteiger partial charge in [-0.2, -0.15) is 0 Å². The summed E-state index contributed by atoms with van der Waals surface area (Å²) in [4.78, 5) is 0.0975. The van der Waals surface area contributed by atoms with Gasteiger partial charge in [-0.3, -0.25) is 0 Å². The van der Waals surface area contributed by atoms with Crippen molar-refractivity contribution in [2.24, 2.45) is 0 Å². The van der Waals surface area contributed by atoms with E-state index < -0.39 is 10.0 Å². The zero-order chi connectivity index (χ0) is 15.5. The Bertz CT molecular complexity index is 748. The third kappa shape index (κ3) is 3.87. The standard InChI is InChI=1S/C14H15ClN2O3S/c1-17-21(18,19)12-5-6-13(16)14(8-12)20-9-10-3-2-4-11(15)7-10/h2-8,17H,9,16H2,1H3. The lowest BCUT2D eigenvalue weighted by Gasteiger charge is -2.11. The fourth-order valence-corrected chi connectivity index (χ4v) is 2.67. The Balaban J connectivity index is 2.22. The number of nitrogens with one attached hydrogen (secondary N) is 1. The van der Waals surface area contributed by atoms with Gasteiger partial charge in [-0.1, -0.05) is 23.7 Å². The zero-order valence-corrected chi connectivity index (χ0v) is 12.9.